The number of thiophene rings is 1. The van der Waals surface area contributed by atoms with Crippen molar-refractivity contribution in [3.63, 3.8) is 0 Å². The highest BCUT2D eigenvalue weighted by Crippen LogP contribution is 2.17. The topological polar surface area (TPSA) is 45.6 Å². The van der Waals surface area contributed by atoms with Gasteiger partial charge in [0.2, 0.25) is 5.91 Å². The molecule has 3 aromatic rings. The molecule has 1 aromatic carbocycles. The molecule has 3 rings (SSSR count). The summed E-state index contributed by atoms with van der Waals surface area (Å²) in [4.78, 5) is 30.7. The lowest BCUT2D eigenvalue weighted by molar-refractivity contribution is -0.133. The molecule has 0 N–H and O–H groups in total. The molecule has 6 heteroatoms. The largest absolute Gasteiger partial charge is 0.353 e. The molecule has 0 bridgehead atoms. The SMILES string of the molecule is CC[C@H](C)N(CC(=O)N(Cc1ccccc1)Cc1cccn1C)C(=O)c1cccs1. The Morgan fingerprint density at radius 2 is 1.80 bits per heavy atom. The van der Waals surface area contributed by atoms with Crippen LogP contribution in [0.15, 0.2) is 66.2 Å². The van der Waals surface area contributed by atoms with Crippen LogP contribution in [-0.4, -0.2) is 38.8 Å². The molecule has 0 saturated heterocycles. The van der Waals surface area contributed by atoms with Gasteiger partial charge in [-0.3, -0.25) is 9.59 Å². The van der Waals surface area contributed by atoms with Crippen LogP contribution < -0.4 is 0 Å². The van der Waals surface area contributed by atoms with E-state index in [4.69, 9.17) is 0 Å². The number of nitrogens with zero attached hydrogens (tertiary/aromatic N) is 3. The first-order chi connectivity index (χ1) is 14.5. The fourth-order valence-corrected chi connectivity index (χ4v) is 4.01. The van der Waals surface area contributed by atoms with E-state index in [2.05, 4.69) is 0 Å². The van der Waals surface area contributed by atoms with Crippen LogP contribution in [0, 0.1) is 0 Å². The molecule has 2 aromatic heterocycles. The third-order valence-electron chi connectivity index (χ3n) is 5.39. The molecule has 2 amide bonds. The van der Waals surface area contributed by atoms with Crippen molar-refractivity contribution in [1.82, 2.24) is 14.4 Å². The Labute approximate surface area is 182 Å². The smallest absolute Gasteiger partial charge is 0.264 e. The first-order valence-corrected chi connectivity index (χ1v) is 11.1. The average Bonchev–Trinajstić information content (AvgIpc) is 3.43. The molecule has 0 aliphatic heterocycles. The van der Waals surface area contributed by atoms with Gasteiger partial charge in [-0.1, -0.05) is 43.3 Å². The van der Waals surface area contributed by atoms with E-state index in [0.717, 1.165) is 17.7 Å². The molecule has 0 aliphatic rings. The lowest BCUT2D eigenvalue weighted by atomic mass is 10.2. The summed E-state index contributed by atoms with van der Waals surface area (Å²) in [6.45, 7) is 5.11. The number of rotatable bonds is 9. The van der Waals surface area contributed by atoms with E-state index in [1.807, 2.05) is 96.5 Å². The van der Waals surface area contributed by atoms with Crippen molar-refractivity contribution in [1.29, 1.82) is 0 Å². The minimum Gasteiger partial charge on any atom is -0.353 e. The Bertz CT molecular complexity index is 950. The molecule has 158 valence electrons. The first-order valence-electron chi connectivity index (χ1n) is 10.3. The normalized spacial score (nSPS) is 11.8. The van der Waals surface area contributed by atoms with E-state index in [0.29, 0.717) is 18.0 Å². The number of aryl methyl sites for hydroxylation is 1. The van der Waals surface area contributed by atoms with Gasteiger partial charge in [-0.25, -0.2) is 0 Å². The molecule has 1 atom stereocenters. The molecule has 2 heterocycles. The molecule has 5 nitrogen and oxygen atoms in total. The Kier molecular flexibility index (Phi) is 7.46. The van der Waals surface area contributed by atoms with Gasteiger partial charge in [0.25, 0.3) is 5.91 Å². The summed E-state index contributed by atoms with van der Waals surface area (Å²) in [6.07, 6.45) is 2.77. The number of benzene rings is 1. The first kappa shape index (κ1) is 21.8. The summed E-state index contributed by atoms with van der Waals surface area (Å²) in [7, 11) is 1.98. The van der Waals surface area contributed by atoms with Crippen LogP contribution in [0.2, 0.25) is 0 Å². The highest BCUT2D eigenvalue weighted by molar-refractivity contribution is 7.12. The molecule has 0 radical (unpaired) electrons. The molecular weight excluding hydrogens is 394 g/mol. The molecule has 0 aliphatic carbocycles. The highest BCUT2D eigenvalue weighted by Gasteiger charge is 2.26. The summed E-state index contributed by atoms with van der Waals surface area (Å²) in [5.74, 6) is -0.128. The van der Waals surface area contributed by atoms with Crippen molar-refractivity contribution in [3.05, 3.63) is 82.3 Å². The predicted octanol–water partition coefficient (Wildman–Crippen LogP) is 4.56. The molecule has 0 unspecified atom stereocenters. The fraction of sp³-hybridized carbons (Fsp3) is 0.333. The molecular formula is C24H29N3O2S. The van der Waals surface area contributed by atoms with Gasteiger partial charge in [0.05, 0.1) is 11.4 Å². The zero-order valence-electron chi connectivity index (χ0n) is 17.8. The van der Waals surface area contributed by atoms with Gasteiger partial charge in [0.1, 0.15) is 6.54 Å². The zero-order chi connectivity index (χ0) is 21.5. The van der Waals surface area contributed by atoms with E-state index in [1.54, 1.807) is 4.90 Å². The Hall–Kier alpha value is -2.86. The highest BCUT2D eigenvalue weighted by atomic mass is 32.1. The van der Waals surface area contributed by atoms with E-state index >= 15 is 0 Å². The van der Waals surface area contributed by atoms with E-state index in [-0.39, 0.29) is 24.4 Å². The van der Waals surface area contributed by atoms with Gasteiger partial charge in [-0.05, 0) is 42.5 Å². The number of hydrogen-bond donors (Lipinski definition) is 0. The van der Waals surface area contributed by atoms with Crippen LogP contribution in [0.5, 0.6) is 0 Å². The summed E-state index contributed by atoms with van der Waals surface area (Å²) in [6, 6.07) is 17.6. The van der Waals surface area contributed by atoms with E-state index in [9.17, 15) is 9.59 Å². The maximum absolute atomic E-state index is 13.4. The van der Waals surface area contributed by atoms with Crippen LogP contribution in [0.1, 0.15) is 41.2 Å². The lowest BCUT2D eigenvalue weighted by Crippen LogP contribution is -2.46. The number of carbonyl (C=O) groups excluding carboxylic acids is 2. The second-order valence-electron chi connectivity index (χ2n) is 7.51. The maximum Gasteiger partial charge on any atom is 0.264 e. The van der Waals surface area contributed by atoms with Crippen molar-refractivity contribution in [2.45, 2.75) is 39.4 Å². The average molecular weight is 424 g/mol. The van der Waals surface area contributed by atoms with Crippen molar-refractivity contribution in [3.8, 4) is 0 Å². The number of hydrogen-bond acceptors (Lipinski definition) is 3. The minimum atomic E-state index is -0.0776. The van der Waals surface area contributed by atoms with Crippen LogP contribution in [0.3, 0.4) is 0 Å². The second kappa shape index (κ2) is 10.3. The molecule has 0 spiro atoms. The van der Waals surface area contributed by atoms with Gasteiger partial charge in [0, 0.05) is 31.5 Å². The quantitative estimate of drug-likeness (QED) is 0.507. The van der Waals surface area contributed by atoms with Crippen LogP contribution in [-0.2, 0) is 24.9 Å². The van der Waals surface area contributed by atoms with Gasteiger partial charge in [0.15, 0.2) is 0 Å². The molecule has 0 fully saturated rings. The Morgan fingerprint density at radius 1 is 1.03 bits per heavy atom. The lowest BCUT2D eigenvalue weighted by Gasteiger charge is -2.31. The number of amides is 2. The van der Waals surface area contributed by atoms with Crippen molar-refractivity contribution in [2.75, 3.05) is 6.54 Å². The summed E-state index contributed by atoms with van der Waals surface area (Å²) >= 11 is 1.41. The molecule has 0 saturated carbocycles. The van der Waals surface area contributed by atoms with Gasteiger partial charge < -0.3 is 14.4 Å². The van der Waals surface area contributed by atoms with Crippen molar-refractivity contribution in [2.24, 2.45) is 7.05 Å². The van der Waals surface area contributed by atoms with Gasteiger partial charge in [-0.15, -0.1) is 11.3 Å². The maximum atomic E-state index is 13.4. The third kappa shape index (κ3) is 5.39. The van der Waals surface area contributed by atoms with Gasteiger partial charge in [-0.2, -0.15) is 0 Å². The van der Waals surface area contributed by atoms with Crippen molar-refractivity contribution < 1.29 is 9.59 Å². The standard InChI is InChI=1S/C24H29N3O2S/c1-4-19(2)27(24(29)22-13-9-15-30-22)18-23(28)26(16-20-10-6-5-7-11-20)17-21-12-8-14-25(21)3/h5-15,19H,4,16-18H2,1-3H3/t19-/m0/s1. The molecule has 30 heavy (non-hydrogen) atoms. The minimum absolute atomic E-state index is 0.0165. The number of aromatic nitrogens is 1. The predicted molar refractivity (Wildman–Crippen MR) is 121 cm³/mol. The summed E-state index contributed by atoms with van der Waals surface area (Å²) in [5, 5.41) is 1.89. The third-order valence-corrected chi connectivity index (χ3v) is 6.25. The zero-order valence-corrected chi connectivity index (χ0v) is 18.6. The van der Waals surface area contributed by atoms with E-state index < -0.39 is 0 Å². The summed E-state index contributed by atoms with van der Waals surface area (Å²) in [5.41, 5.74) is 2.12. The fourth-order valence-electron chi connectivity index (χ4n) is 3.33. The van der Waals surface area contributed by atoms with Crippen LogP contribution in [0.25, 0.3) is 0 Å². The second-order valence-corrected chi connectivity index (χ2v) is 8.46. The van der Waals surface area contributed by atoms with Crippen LogP contribution in [0.4, 0.5) is 0 Å². The Morgan fingerprint density at radius 3 is 2.40 bits per heavy atom. The van der Waals surface area contributed by atoms with E-state index in [1.165, 1.54) is 11.3 Å². The van der Waals surface area contributed by atoms with Gasteiger partial charge >= 0.3 is 0 Å². The van der Waals surface area contributed by atoms with Crippen LogP contribution >= 0.6 is 11.3 Å². The Balaban J connectivity index is 1.82. The number of carbonyl (C=O) groups is 2. The monoisotopic (exact) mass is 423 g/mol. The van der Waals surface area contributed by atoms with Crippen molar-refractivity contribution >= 4 is 23.2 Å². The summed E-state index contributed by atoms with van der Waals surface area (Å²) < 4.78 is 2.02.